The molecule has 8 heavy (non-hydrogen) atoms. The van der Waals surface area contributed by atoms with Gasteiger partial charge in [-0.2, -0.15) is 0 Å². The largest absolute Gasteiger partial charge is 0.392 e. The molecule has 1 aliphatic rings. The van der Waals surface area contributed by atoms with Gasteiger partial charge in [0.2, 0.25) is 0 Å². The molecule has 0 bridgehead atoms. The van der Waals surface area contributed by atoms with Crippen LogP contribution in [-0.4, -0.2) is 35.5 Å². The van der Waals surface area contributed by atoms with E-state index in [-0.39, 0.29) is 12.2 Å². The molecule has 1 rings (SSSR count). The van der Waals surface area contributed by atoms with Crippen molar-refractivity contribution in [1.29, 1.82) is 0 Å². The van der Waals surface area contributed by atoms with Crippen LogP contribution in [0, 0.1) is 0 Å². The standard InChI is InChI=1S/C5H11NO2/c7-4-1-5(8)3-6-2-4/h4-8H,1-3H2. The predicted molar refractivity (Wildman–Crippen MR) is 29.5 cm³/mol. The molecule has 3 N–H and O–H groups in total. The van der Waals surface area contributed by atoms with Gasteiger partial charge in [-0.15, -0.1) is 0 Å². The molecule has 0 spiro atoms. The number of aliphatic hydroxyl groups excluding tert-OH is 2. The van der Waals surface area contributed by atoms with E-state index in [1.54, 1.807) is 0 Å². The number of rotatable bonds is 0. The van der Waals surface area contributed by atoms with Gasteiger partial charge in [0.15, 0.2) is 0 Å². The Morgan fingerprint density at radius 3 is 1.88 bits per heavy atom. The van der Waals surface area contributed by atoms with E-state index < -0.39 is 0 Å². The lowest BCUT2D eigenvalue weighted by Crippen LogP contribution is -2.42. The molecule has 2 atom stereocenters. The molecule has 2 unspecified atom stereocenters. The lowest BCUT2D eigenvalue weighted by atomic mass is 10.1. The zero-order valence-electron chi connectivity index (χ0n) is 4.67. The summed E-state index contributed by atoms with van der Waals surface area (Å²) < 4.78 is 0. The number of hydrogen-bond acceptors (Lipinski definition) is 3. The first-order chi connectivity index (χ1) is 3.79. The highest BCUT2D eigenvalue weighted by molar-refractivity contribution is 4.73. The maximum absolute atomic E-state index is 8.86. The third-order valence-corrected chi connectivity index (χ3v) is 1.30. The van der Waals surface area contributed by atoms with Gasteiger partial charge in [-0.05, 0) is 0 Å². The fraction of sp³-hybridized carbons (Fsp3) is 1.00. The SMILES string of the molecule is OC1CNCC(O)C1. The van der Waals surface area contributed by atoms with Crippen LogP contribution in [0.2, 0.25) is 0 Å². The molecule has 3 heteroatoms. The van der Waals surface area contributed by atoms with Crippen LogP contribution in [0.3, 0.4) is 0 Å². The summed E-state index contributed by atoms with van der Waals surface area (Å²) in [6.45, 7) is 1.24. The molecular formula is C5H11NO2. The molecule has 1 heterocycles. The zero-order valence-corrected chi connectivity index (χ0v) is 4.67. The minimum atomic E-state index is -0.348. The zero-order chi connectivity index (χ0) is 5.98. The van der Waals surface area contributed by atoms with Crippen molar-refractivity contribution in [1.82, 2.24) is 5.32 Å². The van der Waals surface area contributed by atoms with Crippen molar-refractivity contribution in [3.8, 4) is 0 Å². The fourth-order valence-corrected chi connectivity index (χ4v) is 0.897. The van der Waals surface area contributed by atoms with Crippen LogP contribution in [0.15, 0.2) is 0 Å². The van der Waals surface area contributed by atoms with Gasteiger partial charge in [0.25, 0.3) is 0 Å². The van der Waals surface area contributed by atoms with Crippen molar-refractivity contribution in [3.05, 3.63) is 0 Å². The van der Waals surface area contributed by atoms with Crippen LogP contribution >= 0.6 is 0 Å². The van der Waals surface area contributed by atoms with Gasteiger partial charge in [0.1, 0.15) is 0 Å². The highest BCUT2D eigenvalue weighted by Crippen LogP contribution is 2.00. The minimum absolute atomic E-state index is 0.348. The second-order valence-electron chi connectivity index (χ2n) is 2.20. The number of nitrogens with one attached hydrogen (secondary N) is 1. The fourth-order valence-electron chi connectivity index (χ4n) is 0.897. The van der Waals surface area contributed by atoms with Gasteiger partial charge in [-0.3, -0.25) is 0 Å². The topological polar surface area (TPSA) is 52.5 Å². The second kappa shape index (κ2) is 2.44. The van der Waals surface area contributed by atoms with Gasteiger partial charge < -0.3 is 15.5 Å². The second-order valence-corrected chi connectivity index (χ2v) is 2.20. The summed E-state index contributed by atoms with van der Waals surface area (Å²) >= 11 is 0. The number of piperidine rings is 1. The molecule has 0 amide bonds. The highest BCUT2D eigenvalue weighted by Gasteiger charge is 2.16. The number of hydrogen-bond donors (Lipinski definition) is 3. The third-order valence-electron chi connectivity index (χ3n) is 1.30. The first-order valence-corrected chi connectivity index (χ1v) is 2.86. The lowest BCUT2D eigenvalue weighted by Gasteiger charge is -2.22. The smallest absolute Gasteiger partial charge is 0.0689 e. The summed E-state index contributed by atoms with van der Waals surface area (Å²) in [6, 6.07) is 0. The van der Waals surface area contributed by atoms with Gasteiger partial charge >= 0.3 is 0 Å². The molecule has 0 aromatic heterocycles. The van der Waals surface area contributed by atoms with E-state index in [1.807, 2.05) is 0 Å². The molecule has 0 radical (unpaired) electrons. The number of β-amino-alcohol motifs (C(OH)–C–C–N with tert-alkyl or cyclic N) is 2. The van der Waals surface area contributed by atoms with Crippen LogP contribution in [0.5, 0.6) is 0 Å². The minimum Gasteiger partial charge on any atom is -0.392 e. The Balaban J connectivity index is 2.23. The Hall–Kier alpha value is -0.120. The quantitative estimate of drug-likeness (QED) is 0.369. The van der Waals surface area contributed by atoms with E-state index in [2.05, 4.69) is 5.32 Å². The maximum atomic E-state index is 8.86. The summed E-state index contributed by atoms with van der Waals surface area (Å²) in [6.07, 6.45) is -0.176. The molecule has 48 valence electrons. The van der Waals surface area contributed by atoms with E-state index in [0.29, 0.717) is 19.5 Å². The molecule has 0 aromatic carbocycles. The van der Waals surface area contributed by atoms with Crippen LogP contribution in [0.1, 0.15) is 6.42 Å². The van der Waals surface area contributed by atoms with Crippen LogP contribution in [0.25, 0.3) is 0 Å². The first-order valence-electron chi connectivity index (χ1n) is 2.86. The Morgan fingerprint density at radius 1 is 1.12 bits per heavy atom. The summed E-state index contributed by atoms with van der Waals surface area (Å²) in [5, 5.41) is 20.6. The van der Waals surface area contributed by atoms with E-state index in [9.17, 15) is 0 Å². The molecule has 1 aliphatic heterocycles. The third kappa shape index (κ3) is 1.43. The predicted octanol–water partition coefficient (Wildman–Crippen LogP) is -1.30. The van der Waals surface area contributed by atoms with E-state index in [1.165, 1.54) is 0 Å². The van der Waals surface area contributed by atoms with Gasteiger partial charge in [-0.1, -0.05) is 0 Å². The van der Waals surface area contributed by atoms with Crippen LogP contribution in [0.4, 0.5) is 0 Å². The normalized spacial score (nSPS) is 39.8. The molecule has 0 aromatic rings. The Morgan fingerprint density at radius 2 is 1.62 bits per heavy atom. The van der Waals surface area contributed by atoms with Gasteiger partial charge in [0, 0.05) is 19.5 Å². The summed E-state index contributed by atoms with van der Waals surface area (Å²) in [7, 11) is 0. The summed E-state index contributed by atoms with van der Waals surface area (Å²) in [4.78, 5) is 0. The van der Waals surface area contributed by atoms with E-state index >= 15 is 0 Å². The number of aliphatic hydroxyl groups is 2. The molecular weight excluding hydrogens is 106 g/mol. The Labute approximate surface area is 48.3 Å². The molecule has 1 fully saturated rings. The molecule has 0 aliphatic carbocycles. The maximum Gasteiger partial charge on any atom is 0.0689 e. The average Bonchev–Trinajstić information content (AvgIpc) is 1.64. The van der Waals surface area contributed by atoms with Crippen molar-refractivity contribution in [3.63, 3.8) is 0 Å². The van der Waals surface area contributed by atoms with Crippen LogP contribution < -0.4 is 5.32 Å². The molecule has 3 nitrogen and oxygen atoms in total. The van der Waals surface area contributed by atoms with E-state index in [4.69, 9.17) is 10.2 Å². The van der Waals surface area contributed by atoms with Gasteiger partial charge in [-0.25, -0.2) is 0 Å². The van der Waals surface area contributed by atoms with Crippen molar-refractivity contribution in [2.75, 3.05) is 13.1 Å². The van der Waals surface area contributed by atoms with Gasteiger partial charge in [0.05, 0.1) is 12.2 Å². The Kier molecular flexibility index (Phi) is 1.83. The summed E-state index contributed by atoms with van der Waals surface area (Å²) in [5.74, 6) is 0. The monoisotopic (exact) mass is 117 g/mol. The summed E-state index contributed by atoms with van der Waals surface area (Å²) in [5.41, 5.74) is 0. The van der Waals surface area contributed by atoms with Crippen molar-refractivity contribution >= 4 is 0 Å². The molecule has 1 saturated heterocycles. The van der Waals surface area contributed by atoms with Crippen molar-refractivity contribution < 1.29 is 10.2 Å². The first kappa shape index (κ1) is 6.01. The van der Waals surface area contributed by atoms with E-state index in [0.717, 1.165) is 0 Å². The Bertz CT molecular complexity index is 68.8. The highest BCUT2D eigenvalue weighted by atomic mass is 16.3. The lowest BCUT2D eigenvalue weighted by molar-refractivity contribution is 0.0529. The van der Waals surface area contributed by atoms with Crippen LogP contribution in [-0.2, 0) is 0 Å². The van der Waals surface area contributed by atoms with Crippen molar-refractivity contribution in [2.45, 2.75) is 18.6 Å². The van der Waals surface area contributed by atoms with Crippen molar-refractivity contribution in [2.24, 2.45) is 0 Å². The average molecular weight is 117 g/mol. The molecule has 0 saturated carbocycles.